The summed E-state index contributed by atoms with van der Waals surface area (Å²) in [7, 11) is 1.37. The standard InChI is InChI=1S/C22H31ClN2O4/c1-4-6-8-20(22(27)28-3)29-17-12-10-16(11-13-17)14-18-19(15-26)25(23)21(24-18)9-7-5-2/h10-13,20,26H,4-9,14-15H2,1-3H3. The fourth-order valence-corrected chi connectivity index (χ4v) is 3.38. The lowest BCUT2D eigenvalue weighted by atomic mass is 10.1. The van der Waals surface area contributed by atoms with E-state index in [0.29, 0.717) is 24.3 Å². The number of ether oxygens (including phenoxy) is 2. The van der Waals surface area contributed by atoms with Crippen molar-refractivity contribution in [1.82, 2.24) is 9.07 Å². The number of rotatable bonds is 12. The van der Waals surface area contributed by atoms with Crippen molar-refractivity contribution in [3.05, 3.63) is 47.0 Å². The summed E-state index contributed by atoms with van der Waals surface area (Å²) in [6.07, 6.45) is 5.30. The third kappa shape index (κ3) is 6.47. The van der Waals surface area contributed by atoms with E-state index in [-0.39, 0.29) is 12.6 Å². The monoisotopic (exact) mass is 422 g/mol. The number of carbonyl (C=O) groups excluding carboxylic acids is 1. The Morgan fingerprint density at radius 2 is 1.90 bits per heavy atom. The number of methoxy groups -OCH3 is 1. The fourth-order valence-electron chi connectivity index (χ4n) is 3.11. The van der Waals surface area contributed by atoms with Crippen molar-refractivity contribution in [2.75, 3.05) is 7.11 Å². The number of halogens is 1. The average molecular weight is 423 g/mol. The molecule has 0 spiro atoms. The molecule has 1 heterocycles. The number of aromatic nitrogens is 2. The number of hydrogen-bond donors (Lipinski definition) is 1. The number of esters is 1. The van der Waals surface area contributed by atoms with Crippen LogP contribution in [0.25, 0.3) is 0 Å². The molecule has 0 amide bonds. The first kappa shape index (κ1) is 23.2. The van der Waals surface area contributed by atoms with Crippen LogP contribution in [0.2, 0.25) is 0 Å². The van der Waals surface area contributed by atoms with Crippen LogP contribution < -0.4 is 4.74 Å². The second-order valence-corrected chi connectivity index (χ2v) is 7.39. The van der Waals surface area contributed by atoms with E-state index in [1.807, 2.05) is 24.3 Å². The molecule has 0 aliphatic rings. The number of benzene rings is 1. The highest BCUT2D eigenvalue weighted by Crippen LogP contribution is 2.22. The molecule has 1 unspecified atom stereocenters. The molecular weight excluding hydrogens is 392 g/mol. The summed E-state index contributed by atoms with van der Waals surface area (Å²) in [4.78, 5) is 16.5. The smallest absolute Gasteiger partial charge is 0.347 e. The molecule has 0 bridgehead atoms. The van der Waals surface area contributed by atoms with E-state index in [1.54, 1.807) is 0 Å². The molecule has 1 aromatic carbocycles. The van der Waals surface area contributed by atoms with Crippen molar-refractivity contribution in [2.24, 2.45) is 0 Å². The number of aliphatic hydroxyl groups is 1. The van der Waals surface area contributed by atoms with Gasteiger partial charge in [-0.1, -0.05) is 38.8 Å². The first-order chi connectivity index (χ1) is 14.0. The predicted octanol–water partition coefficient (Wildman–Crippen LogP) is 4.42. The Kier molecular flexibility index (Phi) is 9.48. The summed E-state index contributed by atoms with van der Waals surface area (Å²) in [6.45, 7) is 4.03. The molecule has 0 saturated carbocycles. The van der Waals surface area contributed by atoms with Gasteiger partial charge in [0.2, 0.25) is 0 Å². The molecule has 0 radical (unpaired) electrons. The van der Waals surface area contributed by atoms with Gasteiger partial charge in [0.1, 0.15) is 11.6 Å². The van der Waals surface area contributed by atoms with Crippen LogP contribution in [-0.2, 0) is 29.0 Å². The largest absolute Gasteiger partial charge is 0.479 e. The van der Waals surface area contributed by atoms with E-state index in [9.17, 15) is 9.90 Å². The Labute approximate surface area is 177 Å². The number of nitrogens with zero attached hydrogens (tertiary/aromatic N) is 2. The molecule has 0 fully saturated rings. The number of aryl methyl sites for hydroxylation is 1. The lowest BCUT2D eigenvalue weighted by Gasteiger charge is -2.16. The van der Waals surface area contributed by atoms with Gasteiger partial charge in [-0.25, -0.2) is 13.9 Å². The molecule has 1 N–H and O–H groups in total. The molecule has 0 aliphatic carbocycles. The van der Waals surface area contributed by atoms with Crippen molar-refractivity contribution < 1.29 is 19.4 Å². The van der Waals surface area contributed by atoms with Gasteiger partial charge in [0.25, 0.3) is 0 Å². The lowest BCUT2D eigenvalue weighted by Crippen LogP contribution is -2.28. The van der Waals surface area contributed by atoms with Crippen LogP contribution in [0.1, 0.15) is 68.7 Å². The molecule has 1 atom stereocenters. The highest BCUT2D eigenvalue weighted by atomic mass is 35.5. The van der Waals surface area contributed by atoms with Gasteiger partial charge in [-0.05, 0) is 37.0 Å². The second kappa shape index (κ2) is 11.8. The topological polar surface area (TPSA) is 73.6 Å². The maximum absolute atomic E-state index is 11.9. The van der Waals surface area contributed by atoms with E-state index in [0.717, 1.165) is 49.2 Å². The van der Waals surface area contributed by atoms with Crippen LogP contribution in [0.15, 0.2) is 24.3 Å². The van der Waals surface area contributed by atoms with Gasteiger partial charge in [0, 0.05) is 24.6 Å². The third-order valence-electron chi connectivity index (χ3n) is 4.82. The Hall–Kier alpha value is -2.05. The molecule has 2 rings (SSSR count). The summed E-state index contributed by atoms with van der Waals surface area (Å²) in [5, 5.41) is 9.70. The van der Waals surface area contributed by atoms with Crippen molar-refractivity contribution in [3.8, 4) is 5.75 Å². The van der Waals surface area contributed by atoms with Crippen LogP contribution in [0, 0.1) is 0 Å². The first-order valence-electron chi connectivity index (χ1n) is 10.2. The number of carbonyl (C=O) groups is 1. The van der Waals surface area contributed by atoms with E-state index < -0.39 is 6.10 Å². The van der Waals surface area contributed by atoms with E-state index in [4.69, 9.17) is 21.3 Å². The number of imidazole rings is 1. The Morgan fingerprint density at radius 1 is 1.21 bits per heavy atom. The van der Waals surface area contributed by atoms with Crippen molar-refractivity contribution in [3.63, 3.8) is 0 Å². The van der Waals surface area contributed by atoms with Gasteiger partial charge in [0.15, 0.2) is 6.10 Å². The maximum atomic E-state index is 11.9. The van der Waals surface area contributed by atoms with Crippen LogP contribution in [0.4, 0.5) is 0 Å². The lowest BCUT2D eigenvalue weighted by molar-refractivity contribution is -0.149. The van der Waals surface area contributed by atoms with Gasteiger partial charge < -0.3 is 14.6 Å². The molecule has 1 aromatic heterocycles. The van der Waals surface area contributed by atoms with Gasteiger partial charge in [0.05, 0.1) is 25.1 Å². The predicted molar refractivity (Wildman–Crippen MR) is 113 cm³/mol. The number of hydrogen-bond acceptors (Lipinski definition) is 5. The molecule has 2 aromatic rings. The van der Waals surface area contributed by atoms with Crippen LogP contribution in [-0.4, -0.2) is 33.4 Å². The maximum Gasteiger partial charge on any atom is 0.347 e. The summed E-state index contributed by atoms with van der Waals surface area (Å²) < 4.78 is 12.2. The zero-order chi connectivity index (χ0) is 21.2. The van der Waals surface area contributed by atoms with Crippen molar-refractivity contribution in [1.29, 1.82) is 0 Å². The Bertz CT molecular complexity index is 774. The van der Waals surface area contributed by atoms with E-state index >= 15 is 0 Å². The van der Waals surface area contributed by atoms with Crippen LogP contribution >= 0.6 is 11.8 Å². The molecule has 7 heteroatoms. The number of unbranched alkanes of at least 4 members (excludes halogenated alkanes) is 2. The summed E-state index contributed by atoms with van der Waals surface area (Å²) in [5.74, 6) is 1.04. The average Bonchev–Trinajstić information content (AvgIpc) is 3.04. The van der Waals surface area contributed by atoms with Gasteiger partial charge in [-0.3, -0.25) is 0 Å². The van der Waals surface area contributed by atoms with Crippen LogP contribution in [0.5, 0.6) is 5.75 Å². The molecule has 0 saturated heterocycles. The molecule has 6 nitrogen and oxygen atoms in total. The first-order valence-corrected chi connectivity index (χ1v) is 10.6. The molecule has 160 valence electrons. The number of aliphatic hydroxyl groups excluding tert-OH is 1. The van der Waals surface area contributed by atoms with Crippen molar-refractivity contribution in [2.45, 2.75) is 71.5 Å². The van der Waals surface area contributed by atoms with Crippen molar-refractivity contribution >= 4 is 17.7 Å². The summed E-state index contributed by atoms with van der Waals surface area (Å²) in [5.41, 5.74) is 2.42. The van der Waals surface area contributed by atoms with E-state index in [1.165, 1.54) is 11.2 Å². The van der Waals surface area contributed by atoms with Gasteiger partial charge in [-0.15, -0.1) is 0 Å². The molecule has 29 heavy (non-hydrogen) atoms. The third-order valence-corrected chi connectivity index (χ3v) is 5.22. The van der Waals surface area contributed by atoms with Crippen LogP contribution in [0.3, 0.4) is 0 Å². The Morgan fingerprint density at radius 3 is 2.48 bits per heavy atom. The minimum Gasteiger partial charge on any atom is -0.479 e. The minimum absolute atomic E-state index is 0.155. The quantitative estimate of drug-likeness (QED) is 0.512. The zero-order valence-corrected chi connectivity index (χ0v) is 18.2. The SMILES string of the molecule is CCCCc1nc(Cc2ccc(OC(CCCC)C(=O)OC)cc2)c(CO)n1Cl. The summed E-state index contributed by atoms with van der Waals surface area (Å²) in [6, 6.07) is 7.55. The normalized spacial score (nSPS) is 12.0. The highest BCUT2D eigenvalue weighted by molar-refractivity contribution is 6.16. The van der Waals surface area contributed by atoms with Gasteiger partial charge in [-0.2, -0.15) is 0 Å². The Balaban J connectivity index is 2.09. The highest BCUT2D eigenvalue weighted by Gasteiger charge is 2.21. The molecule has 0 aliphatic heterocycles. The second-order valence-electron chi connectivity index (χ2n) is 7.06. The summed E-state index contributed by atoms with van der Waals surface area (Å²) >= 11 is 6.33. The van der Waals surface area contributed by atoms with E-state index in [2.05, 4.69) is 18.8 Å². The molecular formula is C22H31ClN2O4. The van der Waals surface area contributed by atoms with Gasteiger partial charge >= 0.3 is 5.97 Å². The minimum atomic E-state index is -0.597. The fraction of sp³-hybridized carbons (Fsp3) is 0.545. The zero-order valence-electron chi connectivity index (χ0n) is 17.5.